The average molecular weight is 209 g/mol. The van der Waals surface area contributed by atoms with Gasteiger partial charge in [0.15, 0.2) is 0 Å². The highest BCUT2D eigenvalue weighted by Crippen LogP contribution is 2.27. The van der Waals surface area contributed by atoms with Gasteiger partial charge in [0.1, 0.15) is 11.5 Å². The molecule has 1 aromatic rings. The standard InChI is InChI=1S/C7H7ClF2N2O/c8-4-1-3(2-13)7(11)12-5(4)6(9)10/h1,6,13H,2H2,(H2,11,12). The highest BCUT2D eigenvalue weighted by atomic mass is 35.5. The Balaban J connectivity index is 3.20. The molecule has 0 amide bonds. The summed E-state index contributed by atoms with van der Waals surface area (Å²) in [6, 6.07) is 1.19. The normalized spacial score (nSPS) is 10.8. The maximum Gasteiger partial charge on any atom is 0.281 e. The van der Waals surface area contributed by atoms with Gasteiger partial charge in [-0.1, -0.05) is 11.6 Å². The van der Waals surface area contributed by atoms with Crippen LogP contribution in [0.2, 0.25) is 5.02 Å². The highest BCUT2D eigenvalue weighted by Gasteiger charge is 2.16. The predicted molar refractivity (Wildman–Crippen MR) is 44.5 cm³/mol. The lowest BCUT2D eigenvalue weighted by molar-refractivity contribution is 0.146. The van der Waals surface area contributed by atoms with Crippen molar-refractivity contribution < 1.29 is 13.9 Å². The Morgan fingerprint density at radius 2 is 2.23 bits per heavy atom. The zero-order valence-electron chi connectivity index (χ0n) is 6.47. The van der Waals surface area contributed by atoms with E-state index in [1.807, 2.05) is 0 Å². The largest absolute Gasteiger partial charge is 0.392 e. The van der Waals surface area contributed by atoms with Gasteiger partial charge in [-0.25, -0.2) is 13.8 Å². The zero-order valence-corrected chi connectivity index (χ0v) is 7.22. The number of nitrogens with two attached hydrogens (primary N) is 1. The first-order chi connectivity index (χ1) is 6.06. The average Bonchev–Trinajstić information content (AvgIpc) is 2.07. The van der Waals surface area contributed by atoms with Gasteiger partial charge in [-0.2, -0.15) is 0 Å². The lowest BCUT2D eigenvalue weighted by Gasteiger charge is -2.06. The number of hydrogen-bond donors (Lipinski definition) is 2. The Morgan fingerprint density at radius 1 is 1.62 bits per heavy atom. The van der Waals surface area contributed by atoms with Crippen molar-refractivity contribution in [1.82, 2.24) is 4.98 Å². The summed E-state index contributed by atoms with van der Waals surface area (Å²) in [7, 11) is 0. The summed E-state index contributed by atoms with van der Waals surface area (Å²) in [5.41, 5.74) is 4.96. The second-order valence-corrected chi connectivity index (χ2v) is 2.77. The Labute approximate surface area is 78.1 Å². The molecule has 0 aliphatic rings. The molecule has 0 bridgehead atoms. The first-order valence-electron chi connectivity index (χ1n) is 3.40. The molecule has 0 atom stereocenters. The van der Waals surface area contributed by atoms with Crippen molar-refractivity contribution in [2.24, 2.45) is 0 Å². The van der Waals surface area contributed by atoms with Crippen molar-refractivity contribution in [3.63, 3.8) is 0 Å². The van der Waals surface area contributed by atoms with Crippen LogP contribution in [0.5, 0.6) is 0 Å². The minimum absolute atomic E-state index is 0.123. The molecule has 6 heteroatoms. The maximum absolute atomic E-state index is 12.2. The van der Waals surface area contributed by atoms with Gasteiger partial charge < -0.3 is 10.8 Å². The van der Waals surface area contributed by atoms with Crippen molar-refractivity contribution >= 4 is 17.4 Å². The molecular weight excluding hydrogens is 202 g/mol. The summed E-state index contributed by atoms with van der Waals surface area (Å²) in [5, 5.41) is 8.52. The third kappa shape index (κ3) is 2.05. The van der Waals surface area contributed by atoms with Crippen LogP contribution in [0.25, 0.3) is 0 Å². The van der Waals surface area contributed by atoms with Gasteiger partial charge in [0.05, 0.1) is 11.6 Å². The Bertz CT molecular complexity index is 320. The molecule has 0 unspecified atom stereocenters. The highest BCUT2D eigenvalue weighted by molar-refractivity contribution is 6.31. The van der Waals surface area contributed by atoms with Crippen molar-refractivity contribution in [3.05, 3.63) is 22.3 Å². The summed E-state index contributed by atoms with van der Waals surface area (Å²) >= 11 is 5.47. The van der Waals surface area contributed by atoms with E-state index >= 15 is 0 Å². The topological polar surface area (TPSA) is 59.1 Å². The van der Waals surface area contributed by atoms with E-state index in [2.05, 4.69) is 4.98 Å². The molecule has 0 aromatic carbocycles. The van der Waals surface area contributed by atoms with E-state index in [0.29, 0.717) is 0 Å². The number of halogens is 3. The van der Waals surface area contributed by atoms with Crippen molar-refractivity contribution in [1.29, 1.82) is 0 Å². The molecule has 1 rings (SSSR count). The van der Waals surface area contributed by atoms with E-state index in [1.165, 1.54) is 6.07 Å². The van der Waals surface area contributed by atoms with Crippen LogP contribution in [0.4, 0.5) is 14.6 Å². The molecule has 0 saturated carbocycles. The first-order valence-corrected chi connectivity index (χ1v) is 3.78. The molecule has 1 heterocycles. The predicted octanol–water partition coefficient (Wildman–Crippen LogP) is 1.75. The number of rotatable bonds is 2. The van der Waals surface area contributed by atoms with Crippen LogP contribution in [-0.2, 0) is 6.61 Å². The number of anilines is 1. The van der Waals surface area contributed by atoms with E-state index in [0.717, 1.165) is 0 Å². The van der Waals surface area contributed by atoms with Gasteiger partial charge >= 0.3 is 0 Å². The van der Waals surface area contributed by atoms with Crippen LogP contribution in [0, 0.1) is 0 Å². The van der Waals surface area contributed by atoms with E-state index in [4.69, 9.17) is 22.4 Å². The van der Waals surface area contributed by atoms with Gasteiger partial charge in [-0.15, -0.1) is 0 Å². The Hall–Kier alpha value is -0.940. The number of aliphatic hydroxyl groups excluding tert-OH is 1. The number of hydrogen-bond acceptors (Lipinski definition) is 3. The number of pyridine rings is 1. The molecule has 0 aliphatic heterocycles. The third-order valence-electron chi connectivity index (χ3n) is 1.49. The summed E-state index contributed by atoms with van der Waals surface area (Å²) in [6.07, 6.45) is -2.76. The van der Waals surface area contributed by atoms with Crippen molar-refractivity contribution in [2.45, 2.75) is 13.0 Å². The van der Waals surface area contributed by atoms with Crippen LogP contribution in [-0.4, -0.2) is 10.1 Å². The minimum atomic E-state index is -2.76. The van der Waals surface area contributed by atoms with E-state index in [-0.39, 0.29) is 23.0 Å². The summed E-state index contributed by atoms with van der Waals surface area (Å²) in [5.74, 6) is -0.123. The fourth-order valence-corrected chi connectivity index (χ4v) is 1.09. The van der Waals surface area contributed by atoms with Crippen LogP contribution in [0.3, 0.4) is 0 Å². The lowest BCUT2D eigenvalue weighted by Crippen LogP contribution is -2.02. The van der Waals surface area contributed by atoms with Gasteiger partial charge in [-0.05, 0) is 6.07 Å². The molecule has 3 nitrogen and oxygen atoms in total. The lowest BCUT2D eigenvalue weighted by atomic mass is 10.2. The second kappa shape index (κ2) is 3.85. The van der Waals surface area contributed by atoms with Crippen molar-refractivity contribution in [3.8, 4) is 0 Å². The Kier molecular flexibility index (Phi) is 3.00. The maximum atomic E-state index is 12.2. The van der Waals surface area contributed by atoms with Crippen molar-refractivity contribution in [2.75, 3.05) is 5.73 Å². The van der Waals surface area contributed by atoms with Crippen LogP contribution < -0.4 is 5.73 Å². The van der Waals surface area contributed by atoms with E-state index in [1.54, 1.807) is 0 Å². The molecule has 0 saturated heterocycles. The van der Waals surface area contributed by atoms with Gasteiger partial charge in [0, 0.05) is 5.56 Å². The molecule has 0 spiro atoms. The molecule has 0 fully saturated rings. The molecule has 0 radical (unpaired) electrons. The number of nitrogen functional groups attached to an aromatic ring is 1. The third-order valence-corrected chi connectivity index (χ3v) is 1.80. The molecule has 3 N–H and O–H groups in total. The van der Waals surface area contributed by atoms with Gasteiger partial charge in [-0.3, -0.25) is 0 Å². The van der Waals surface area contributed by atoms with E-state index < -0.39 is 12.1 Å². The fourth-order valence-electron chi connectivity index (χ4n) is 0.835. The molecule has 0 aliphatic carbocycles. The summed E-state index contributed by atoms with van der Waals surface area (Å²) < 4.78 is 24.4. The van der Waals surface area contributed by atoms with Crippen LogP contribution in [0.15, 0.2) is 6.07 Å². The summed E-state index contributed by atoms with van der Waals surface area (Å²) in [6.45, 7) is -0.373. The molecule has 72 valence electrons. The molecular formula is C7H7ClF2N2O. The first kappa shape index (κ1) is 10.1. The van der Waals surface area contributed by atoms with Gasteiger partial charge in [0.2, 0.25) is 0 Å². The summed E-state index contributed by atoms with van der Waals surface area (Å²) in [4.78, 5) is 3.38. The smallest absolute Gasteiger partial charge is 0.281 e. The number of aliphatic hydroxyl groups is 1. The van der Waals surface area contributed by atoms with E-state index in [9.17, 15) is 8.78 Å². The molecule has 1 aromatic heterocycles. The van der Waals surface area contributed by atoms with Crippen LogP contribution in [0.1, 0.15) is 17.7 Å². The SMILES string of the molecule is Nc1nc(C(F)F)c(Cl)cc1CO. The second-order valence-electron chi connectivity index (χ2n) is 2.36. The Morgan fingerprint density at radius 3 is 2.69 bits per heavy atom. The number of nitrogens with zero attached hydrogens (tertiary/aromatic N) is 1. The molecule has 13 heavy (non-hydrogen) atoms. The zero-order chi connectivity index (χ0) is 10.0. The van der Waals surface area contributed by atoms with Gasteiger partial charge in [0.25, 0.3) is 6.43 Å². The minimum Gasteiger partial charge on any atom is -0.392 e. The number of aromatic nitrogens is 1. The monoisotopic (exact) mass is 208 g/mol. The van der Waals surface area contributed by atoms with Crippen LogP contribution >= 0.6 is 11.6 Å². The number of alkyl halides is 2. The fraction of sp³-hybridized carbons (Fsp3) is 0.286. The quantitative estimate of drug-likeness (QED) is 0.779.